The van der Waals surface area contributed by atoms with Gasteiger partial charge in [0.15, 0.2) is 11.6 Å². The summed E-state index contributed by atoms with van der Waals surface area (Å²) >= 11 is 0. The summed E-state index contributed by atoms with van der Waals surface area (Å²) in [5, 5.41) is 12.6. The van der Waals surface area contributed by atoms with Crippen LogP contribution in [0.3, 0.4) is 0 Å². The molecule has 0 aromatic heterocycles. The maximum absolute atomic E-state index is 13.1. The Balaban J connectivity index is 2.04. The van der Waals surface area contributed by atoms with E-state index in [0.29, 0.717) is 12.2 Å². The van der Waals surface area contributed by atoms with Gasteiger partial charge in [-0.15, -0.1) is 0 Å². The van der Waals surface area contributed by atoms with Crippen LogP contribution in [0.4, 0.5) is 8.78 Å². The van der Waals surface area contributed by atoms with Crippen LogP contribution in [0.1, 0.15) is 25.7 Å². The van der Waals surface area contributed by atoms with Crippen molar-refractivity contribution in [3.63, 3.8) is 0 Å². The number of benzene rings is 1. The predicted molar refractivity (Wildman–Crippen MR) is 68.1 cm³/mol. The van der Waals surface area contributed by atoms with E-state index in [9.17, 15) is 13.9 Å². The number of aliphatic hydroxyl groups is 1. The van der Waals surface area contributed by atoms with Crippen molar-refractivity contribution in [2.75, 3.05) is 13.7 Å². The van der Waals surface area contributed by atoms with Crippen molar-refractivity contribution in [2.24, 2.45) is 0 Å². The molecule has 0 amide bonds. The van der Waals surface area contributed by atoms with Crippen molar-refractivity contribution in [1.82, 2.24) is 5.32 Å². The quantitative estimate of drug-likeness (QED) is 0.882. The van der Waals surface area contributed by atoms with Crippen molar-refractivity contribution in [3.05, 3.63) is 29.8 Å². The molecule has 0 radical (unpaired) electrons. The summed E-state index contributed by atoms with van der Waals surface area (Å²) in [6.07, 6.45) is 3.22. The predicted octanol–water partition coefficient (Wildman–Crippen LogP) is 2.24. The van der Waals surface area contributed by atoms with Gasteiger partial charge in [-0.05, 0) is 38.4 Å². The molecule has 1 aliphatic rings. The molecule has 19 heavy (non-hydrogen) atoms. The summed E-state index contributed by atoms with van der Waals surface area (Å²) in [6, 6.07) is 3.54. The number of aliphatic hydroxyl groups excluding tert-OH is 1. The van der Waals surface area contributed by atoms with Crippen molar-refractivity contribution < 1.29 is 18.6 Å². The first-order valence-corrected chi connectivity index (χ1v) is 6.50. The van der Waals surface area contributed by atoms with E-state index in [-0.39, 0.29) is 18.2 Å². The zero-order valence-electron chi connectivity index (χ0n) is 11.0. The van der Waals surface area contributed by atoms with Crippen LogP contribution in [0.2, 0.25) is 0 Å². The smallest absolute Gasteiger partial charge is 0.162 e. The van der Waals surface area contributed by atoms with Gasteiger partial charge in [-0.25, -0.2) is 8.78 Å². The standard InChI is InChI=1S/C14H19F2NO2/c1-17-14(9-18)6-2-3-11(8-14)19-10-4-5-12(15)13(16)7-10/h4-5,7,11,17-18H,2-3,6,8-9H2,1H3. The van der Waals surface area contributed by atoms with E-state index in [1.807, 2.05) is 7.05 Å². The van der Waals surface area contributed by atoms with Crippen LogP contribution in [0, 0.1) is 11.6 Å². The summed E-state index contributed by atoms with van der Waals surface area (Å²) in [4.78, 5) is 0. The first-order chi connectivity index (χ1) is 9.08. The zero-order valence-corrected chi connectivity index (χ0v) is 11.0. The number of rotatable bonds is 4. The van der Waals surface area contributed by atoms with Gasteiger partial charge in [0.05, 0.1) is 6.61 Å². The minimum atomic E-state index is -0.907. The van der Waals surface area contributed by atoms with Crippen LogP contribution in [-0.4, -0.2) is 30.4 Å². The molecule has 0 spiro atoms. The van der Waals surface area contributed by atoms with Crippen LogP contribution in [0.15, 0.2) is 18.2 Å². The highest BCUT2D eigenvalue weighted by Gasteiger charge is 2.35. The third-order valence-corrected chi connectivity index (χ3v) is 3.83. The summed E-state index contributed by atoms with van der Waals surface area (Å²) < 4.78 is 31.6. The van der Waals surface area contributed by atoms with Crippen molar-refractivity contribution >= 4 is 0 Å². The van der Waals surface area contributed by atoms with Gasteiger partial charge in [-0.2, -0.15) is 0 Å². The molecule has 0 bridgehead atoms. The Morgan fingerprint density at radius 3 is 2.84 bits per heavy atom. The first-order valence-electron chi connectivity index (χ1n) is 6.50. The van der Waals surface area contributed by atoms with Gasteiger partial charge in [0.25, 0.3) is 0 Å². The molecule has 1 saturated carbocycles. The minimum absolute atomic E-state index is 0.0428. The monoisotopic (exact) mass is 271 g/mol. The molecular weight excluding hydrogens is 252 g/mol. The normalized spacial score (nSPS) is 27.3. The number of nitrogens with one attached hydrogen (secondary N) is 1. The molecule has 1 aliphatic carbocycles. The van der Waals surface area contributed by atoms with Gasteiger partial charge >= 0.3 is 0 Å². The molecule has 0 saturated heterocycles. The fourth-order valence-corrected chi connectivity index (χ4v) is 2.60. The van der Waals surface area contributed by atoms with E-state index < -0.39 is 11.6 Å². The Bertz CT molecular complexity index is 435. The van der Waals surface area contributed by atoms with Gasteiger partial charge in [0.1, 0.15) is 11.9 Å². The van der Waals surface area contributed by atoms with Gasteiger partial charge in [-0.3, -0.25) is 0 Å². The molecular formula is C14H19F2NO2. The Morgan fingerprint density at radius 1 is 1.42 bits per heavy atom. The largest absolute Gasteiger partial charge is 0.490 e. The van der Waals surface area contributed by atoms with Gasteiger partial charge in [-0.1, -0.05) is 0 Å². The second-order valence-electron chi connectivity index (χ2n) is 5.10. The average molecular weight is 271 g/mol. The summed E-state index contributed by atoms with van der Waals surface area (Å²) in [6.45, 7) is 0.0428. The van der Waals surface area contributed by atoms with Crippen molar-refractivity contribution in [3.8, 4) is 5.75 Å². The third kappa shape index (κ3) is 3.22. The molecule has 2 N–H and O–H groups in total. The average Bonchev–Trinajstić information content (AvgIpc) is 2.43. The van der Waals surface area contributed by atoms with E-state index in [1.165, 1.54) is 6.07 Å². The maximum atomic E-state index is 13.1. The topological polar surface area (TPSA) is 41.5 Å². The van der Waals surface area contributed by atoms with Crippen LogP contribution in [0.25, 0.3) is 0 Å². The van der Waals surface area contributed by atoms with E-state index in [2.05, 4.69) is 5.32 Å². The van der Waals surface area contributed by atoms with Crippen LogP contribution >= 0.6 is 0 Å². The Labute approximate surface area is 111 Å². The maximum Gasteiger partial charge on any atom is 0.162 e. The third-order valence-electron chi connectivity index (χ3n) is 3.83. The lowest BCUT2D eigenvalue weighted by atomic mass is 9.81. The van der Waals surface area contributed by atoms with Gasteiger partial charge < -0.3 is 15.2 Å². The number of ether oxygens (including phenoxy) is 1. The molecule has 1 fully saturated rings. The number of hydrogen-bond donors (Lipinski definition) is 2. The molecule has 3 nitrogen and oxygen atoms in total. The highest BCUT2D eigenvalue weighted by Crippen LogP contribution is 2.31. The summed E-state index contributed by atoms with van der Waals surface area (Å²) in [5.41, 5.74) is -0.332. The summed E-state index contributed by atoms with van der Waals surface area (Å²) in [7, 11) is 1.82. The molecule has 2 rings (SSSR count). The Hall–Kier alpha value is -1.20. The van der Waals surface area contributed by atoms with Gasteiger partial charge in [0.2, 0.25) is 0 Å². The Kier molecular flexibility index (Phi) is 4.37. The highest BCUT2D eigenvalue weighted by molar-refractivity contribution is 5.24. The molecule has 1 aromatic rings. The lowest BCUT2D eigenvalue weighted by Crippen LogP contribution is -2.52. The van der Waals surface area contributed by atoms with Crippen molar-refractivity contribution in [1.29, 1.82) is 0 Å². The minimum Gasteiger partial charge on any atom is -0.490 e. The Morgan fingerprint density at radius 2 is 2.21 bits per heavy atom. The highest BCUT2D eigenvalue weighted by atomic mass is 19.2. The molecule has 106 valence electrons. The first kappa shape index (κ1) is 14.2. The number of halogens is 2. The molecule has 0 aliphatic heterocycles. The molecule has 2 unspecified atom stereocenters. The molecule has 2 atom stereocenters. The van der Waals surface area contributed by atoms with E-state index in [1.54, 1.807) is 0 Å². The zero-order chi connectivity index (χ0) is 13.9. The van der Waals surface area contributed by atoms with E-state index in [4.69, 9.17) is 4.74 Å². The molecule has 5 heteroatoms. The second-order valence-corrected chi connectivity index (χ2v) is 5.10. The van der Waals surface area contributed by atoms with Crippen molar-refractivity contribution in [2.45, 2.75) is 37.3 Å². The van der Waals surface area contributed by atoms with Crippen LogP contribution in [0.5, 0.6) is 5.75 Å². The lowest BCUT2D eigenvalue weighted by molar-refractivity contribution is 0.0552. The fourth-order valence-electron chi connectivity index (χ4n) is 2.60. The second kappa shape index (κ2) is 5.84. The summed E-state index contributed by atoms with van der Waals surface area (Å²) in [5.74, 6) is -1.46. The van der Waals surface area contributed by atoms with Crippen LogP contribution in [-0.2, 0) is 0 Å². The van der Waals surface area contributed by atoms with Crippen LogP contribution < -0.4 is 10.1 Å². The van der Waals surface area contributed by atoms with E-state index in [0.717, 1.165) is 31.4 Å². The van der Waals surface area contributed by atoms with E-state index >= 15 is 0 Å². The fraction of sp³-hybridized carbons (Fsp3) is 0.571. The number of likely N-dealkylation sites (N-methyl/N-ethyl adjacent to an activating group) is 1. The van der Waals surface area contributed by atoms with Gasteiger partial charge in [0, 0.05) is 18.0 Å². The molecule has 0 heterocycles. The SMILES string of the molecule is CNC1(CO)CCCC(Oc2ccc(F)c(F)c2)C1. The number of hydrogen-bond acceptors (Lipinski definition) is 3. The molecule has 1 aromatic carbocycles. The lowest BCUT2D eigenvalue weighted by Gasteiger charge is -2.39.